The van der Waals surface area contributed by atoms with Gasteiger partial charge in [0.15, 0.2) is 5.82 Å². The number of fused-ring (bicyclic) bond motifs is 1. The molecule has 4 rings (SSSR count). The number of morpholine rings is 1. The van der Waals surface area contributed by atoms with Crippen LogP contribution in [0, 0.1) is 0 Å². The van der Waals surface area contributed by atoms with Crippen LogP contribution in [0.2, 0.25) is 5.28 Å². The van der Waals surface area contributed by atoms with E-state index in [-0.39, 0.29) is 11.3 Å². The molecule has 31 heavy (non-hydrogen) atoms. The van der Waals surface area contributed by atoms with E-state index in [2.05, 4.69) is 26.3 Å². The number of rotatable bonds is 7. The summed E-state index contributed by atoms with van der Waals surface area (Å²) in [4.78, 5) is 23.6. The van der Waals surface area contributed by atoms with E-state index >= 15 is 0 Å². The number of anilines is 2. The lowest BCUT2D eigenvalue weighted by atomic mass is 10.2. The Hall–Kier alpha value is -2.68. The van der Waals surface area contributed by atoms with Gasteiger partial charge in [0.2, 0.25) is 5.28 Å². The van der Waals surface area contributed by atoms with Gasteiger partial charge in [-0.25, -0.2) is 9.78 Å². The van der Waals surface area contributed by atoms with Crippen molar-refractivity contribution in [1.29, 1.82) is 0 Å². The Kier molecular flexibility index (Phi) is 7.01. The predicted molar refractivity (Wildman–Crippen MR) is 125 cm³/mol. The quantitative estimate of drug-likeness (QED) is 0.320. The first-order valence-electron chi connectivity index (χ1n) is 10.1. The van der Waals surface area contributed by atoms with Gasteiger partial charge in [0, 0.05) is 36.3 Å². The number of aromatic nitrogens is 2. The topological polar surface area (TPSA) is 76.6 Å². The summed E-state index contributed by atoms with van der Waals surface area (Å²) in [6.45, 7) is 5.79. The molecule has 7 nitrogen and oxygen atoms in total. The second-order valence-corrected chi connectivity index (χ2v) is 8.38. The van der Waals surface area contributed by atoms with E-state index in [1.165, 1.54) is 6.08 Å². The van der Waals surface area contributed by atoms with Gasteiger partial charge < -0.3 is 19.7 Å². The Labute approximate surface area is 189 Å². The SMILES string of the molecule is CCOC(=O)/C=C/c1ccc(NCc2cc3nc(Cl)nc(N4CCOCC4)c3s2)cc1. The van der Waals surface area contributed by atoms with Gasteiger partial charge in [-0.05, 0) is 48.4 Å². The zero-order valence-electron chi connectivity index (χ0n) is 17.1. The molecule has 1 aromatic carbocycles. The lowest BCUT2D eigenvalue weighted by molar-refractivity contribution is -0.137. The number of benzene rings is 1. The molecule has 0 atom stereocenters. The van der Waals surface area contributed by atoms with Crippen molar-refractivity contribution in [1.82, 2.24) is 9.97 Å². The van der Waals surface area contributed by atoms with E-state index < -0.39 is 0 Å². The average molecular weight is 459 g/mol. The number of nitrogens with zero attached hydrogens (tertiary/aromatic N) is 3. The van der Waals surface area contributed by atoms with Crippen molar-refractivity contribution in [2.45, 2.75) is 13.5 Å². The highest BCUT2D eigenvalue weighted by atomic mass is 35.5. The summed E-state index contributed by atoms with van der Waals surface area (Å²) in [5.41, 5.74) is 2.78. The number of halogens is 1. The maximum Gasteiger partial charge on any atom is 0.330 e. The highest BCUT2D eigenvalue weighted by Crippen LogP contribution is 2.33. The lowest BCUT2D eigenvalue weighted by Crippen LogP contribution is -2.36. The van der Waals surface area contributed by atoms with E-state index in [1.807, 2.05) is 24.3 Å². The number of thiophene rings is 1. The van der Waals surface area contributed by atoms with Crippen molar-refractivity contribution in [3.8, 4) is 0 Å². The van der Waals surface area contributed by atoms with Crippen LogP contribution in [0.4, 0.5) is 11.5 Å². The third-order valence-electron chi connectivity index (χ3n) is 4.76. The first-order chi connectivity index (χ1) is 15.1. The molecule has 3 aromatic rings. The molecule has 0 amide bonds. The minimum atomic E-state index is -0.339. The Morgan fingerprint density at radius 1 is 1.29 bits per heavy atom. The van der Waals surface area contributed by atoms with Crippen molar-refractivity contribution in [2.75, 3.05) is 43.1 Å². The summed E-state index contributed by atoms with van der Waals surface area (Å²) < 4.78 is 11.4. The minimum absolute atomic E-state index is 0.262. The van der Waals surface area contributed by atoms with Crippen molar-refractivity contribution in [2.24, 2.45) is 0 Å². The first-order valence-corrected chi connectivity index (χ1v) is 11.3. The monoisotopic (exact) mass is 458 g/mol. The van der Waals surface area contributed by atoms with Crippen LogP contribution in [-0.2, 0) is 20.8 Å². The molecule has 1 aliphatic rings. The zero-order valence-corrected chi connectivity index (χ0v) is 18.7. The van der Waals surface area contributed by atoms with E-state index in [1.54, 1.807) is 24.3 Å². The number of esters is 1. The Balaban J connectivity index is 1.44. The maximum atomic E-state index is 11.4. The molecule has 2 aromatic heterocycles. The zero-order chi connectivity index (χ0) is 21.6. The number of nitrogens with one attached hydrogen (secondary N) is 1. The van der Waals surface area contributed by atoms with Crippen LogP contribution in [0.15, 0.2) is 36.4 Å². The van der Waals surface area contributed by atoms with Crippen molar-refractivity contribution in [3.63, 3.8) is 0 Å². The Morgan fingerprint density at radius 3 is 2.81 bits per heavy atom. The highest BCUT2D eigenvalue weighted by molar-refractivity contribution is 7.19. The smallest absolute Gasteiger partial charge is 0.330 e. The fraction of sp³-hybridized carbons (Fsp3) is 0.318. The molecule has 0 saturated carbocycles. The van der Waals surface area contributed by atoms with Crippen LogP contribution in [0.5, 0.6) is 0 Å². The Morgan fingerprint density at radius 2 is 2.06 bits per heavy atom. The van der Waals surface area contributed by atoms with Crippen LogP contribution >= 0.6 is 22.9 Å². The van der Waals surface area contributed by atoms with Crippen molar-refractivity contribution < 1.29 is 14.3 Å². The molecular weight excluding hydrogens is 436 g/mol. The minimum Gasteiger partial charge on any atom is -0.463 e. The highest BCUT2D eigenvalue weighted by Gasteiger charge is 2.19. The van der Waals surface area contributed by atoms with Gasteiger partial charge in [0.25, 0.3) is 0 Å². The van der Waals surface area contributed by atoms with E-state index in [4.69, 9.17) is 21.1 Å². The number of ether oxygens (including phenoxy) is 2. The van der Waals surface area contributed by atoms with Crippen LogP contribution in [0.1, 0.15) is 17.4 Å². The summed E-state index contributed by atoms with van der Waals surface area (Å²) in [6.07, 6.45) is 3.17. The van der Waals surface area contributed by atoms with Crippen LogP contribution in [-0.4, -0.2) is 48.8 Å². The number of carbonyl (C=O) groups excluding carboxylic acids is 1. The molecule has 1 fully saturated rings. The maximum absolute atomic E-state index is 11.4. The molecule has 3 heterocycles. The summed E-state index contributed by atoms with van der Waals surface area (Å²) >= 11 is 7.85. The van der Waals surface area contributed by atoms with E-state index in [0.717, 1.165) is 45.3 Å². The van der Waals surface area contributed by atoms with E-state index in [9.17, 15) is 4.79 Å². The normalized spacial score (nSPS) is 14.3. The first kappa shape index (κ1) is 21.5. The molecular formula is C22H23ClN4O3S. The van der Waals surface area contributed by atoms with Crippen LogP contribution in [0.3, 0.4) is 0 Å². The molecule has 1 N–H and O–H groups in total. The lowest BCUT2D eigenvalue weighted by Gasteiger charge is -2.28. The molecule has 0 bridgehead atoms. The van der Waals surface area contributed by atoms with Gasteiger partial charge in [-0.3, -0.25) is 0 Å². The van der Waals surface area contributed by atoms with Gasteiger partial charge in [-0.1, -0.05) is 12.1 Å². The molecule has 1 aliphatic heterocycles. The Bertz CT molecular complexity index is 1080. The molecule has 0 unspecified atom stereocenters. The van der Waals surface area contributed by atoms with Crippen molar-refractivity contribution >= 4 is 56.7 Å². The second-order valence-electron chi connectivity index (χ2n) is 6.90. The van der Waals surface area contributed by atoms with Gasteiger partial charge >= 0.3 is 5.97 Å². The predicted octanol–water partition coefficient (Wildman–Crippen LogP) is 4.37. The number of hydrogen-bond donors (Lipinski definition) is 1. The number of carbonyl (C=O) groups is 1. The summed E-state index contributed by atoms with van der Waals surface area (Å²) in [5.74, 6) is 0.543. The standard InChI is InChI=1S/C22H23ClN4O3S/c1-2-30-19(28)8-5-15-3-6-16(7-4-15)24-14-17-13-18-20(31-17)21(26-22(23)25-18)27-9-11-29-12-10-27/h3-8,13,24H,2,9-12,14H2,1H3/b8-5+. The average Bonchev–Trinajstić information content (AvgIpc) is 3.20. The summed E-state index contributed by atoms with van der Waals surface area (Å²) in [5, 5.41) is 3.69. The third-order valence-corrected chi connectivity index (χ3v) is 6.05. The fourth-order valence-corrected chi connectivity index (χ4v) is 4.49. The largest absolute Gasteiger partial charge is 0.463 e. The van der Waals surface area contributed by atoms with Gasteiger partial charge in [0.05, 0.1) is 30.0 Å². The fourth-order valence-electron chi connectivity index (χ4n) is 3.27. The molecule has 162 valence electrons. The summed E-state index contributed by atoms with van der Waals surface area (Å²) in [6, 6.07) is 9.92. The third kappa shape index (κ3) is 5.52. The molecule has 0 spiro atoms. The molecule has 9 heteroatoms. The van der Waals surface area contributed by atoms with Gasteiger partial charge in [0.1, 0.15) is 0 Å². The molecule has 1 saturated heterocycles. The van der Waals surface area contributed by atoms with Crippen LogP contribution in [0.25, 0.3) is 16.3 Å². The van der Waals surface area contributed by atoms with Gasteiger partial charge in [-0.15, -0.1) is 11.3 Å². The molecule has 0 aliphatic carbocycles. The molecule has 0 radical (unpaired) electrons. The summed E-state index contributed by atoms with van der Waals surface area (Å²) in [7, 11) is 0. The van der Waals surface area contributed by atoms with Crippen LogP contribution < -0.4 is 10.2 Å². The number of hydrogen-bond acceptors (Lipinski definition) is 8. The van der Waals surface area contributed by atoms with E-state index in [0.29, 0.717) is 26.4 Å². The van der Waals surface area contributed by atoms with Crippen molar-refractivity contribution in [3.05, 3.63) is 52.1 Å². The second kappa shape index (κ2) is 10.1. The van der Waals surface area contributed by atoms with Gasteiger partial charge in [-0.2, -0.15) is 4.98 Å².